The number of amides is 1. The van der Waals surface area contributed by atoms with Crippen molar-refractivity contribution in [3.05, 3.63) is 54.5 Å². The van der Waals surface area contributed by atoms with Gasteiger partial charge in [-0.2, -0.15) is 0 Å². The van der Waals surface area contributed by atoms with Crippen LogP contribution in [0.4, 0.5) is 0 Å². The van der Waals surface area contributed by atoms with E-state index in [0.29, 0.717) is 5.56 Å². The second-order valence-electron chi connectivity index (χ2n) is 5.29. The van der Waals surface area contributed by atoms with Gasteiger partial charge in [-0.15, -0.1) is 0 Å². The summed E-state index contributed by atoms with van der Waals surface area (Å²) >= 11 is 0. The lowest BCUT2D eigenvalue weighted by Crippen LogP contribution is -2.31. The van der Waals surface area contributed by atoms with E-state index < -0.39 is 0 Å². The molecule has 0 saturated heterocycles. The first-order chi connectivity index (χ1) is 10.7. The van der Waals surface area contributed by atoms with E-state index in [4.69, 9.17) is 0 Å². The number of nitrogens with zero attached hydrogens (tertiary/aromatic N) is 3. The minimum Gasteiger partial charge on any atom is -0.350 e. The van der Waals surface area contributed by atoms with Crippen LogP contribution in [-0.4, -0.2) is 26.5 Å². The van der Waals surface area contributed by atoms with Crippen molar-refractivity contribution in [2.75, 3.05) is 0 Å². The highest BCUT2D eigenvalue weighted by atomic mass is 16.1. The molecule has 1 atom stereocenters. The number of carbonyl (C=O) groups is 1. The van der Waals surface area contributed by atoms with Crippen molar-refractivity contribution in [1.82, 2.24) is 19.9 Å². The molecule has 2 aromatic heterocycles. The van der Waals surface area contributed by atoms with E-state index in [9.17, 15) is 4.79 Å². The lowest BCUT2D eigenvalue weighted by molar-refractivity contribution is 0.0939. The van der Waals surface area contributed by atoms with Crippen LogP contribution in [0.2, 0.25) is 0 Å². The molecule has 2 heterocycles. The van der Waals surface area contributed by atoms with Gasteiger partial charge in [-0.1, -0.05) is 13.0 Å². The van der Waals surface area contributed by atoms with Crippen molar-refractivity contribution < 1.29 is 4.79 Å². The van der Waals surface area contributed by atoms with E-state index >= 15 is 0 Å². The van der Waals surface area contributed by atoms with Crippen LogP contribution >= 0.6 is 0 Å². The number of hydrogen-bond acceptors (Lipinski definition) is 3. The molecule has 0 aliphatic heterocycles. The fraction of sp³-hybridized carbons (Fsp3) is 0.235. The summed E-state index contributed by atoms with van der Waals surface area (Å²) in [5.74, 6) is -0.0615. The first-order valence-electron chi connectivity index (χ1n) is 7.38. The fourth-order valence-corrected chi connectivity index (χ4v) is 2.24. The van der Waals surface area contributed by atoms with Crippen molar-refractivity contribution in [2.24, 2.45) is 0 Å². The molecule has 1 N–H and O–H groups in total. The van der Waals surface area contributed by atoms with Crippen molar-refractivity contribution >= 4 is 17.1 Å². The van der Waals surface area contributed by atoms with Gasteiger partial charge in [0.25, 0.3) is 5.91 Å². The molecule has 0 fully saturated rings. The van der Waals surface area contributed by atoms with Gasteiger partial charge < -0.3 is 5.32 Å². The zero-order chi connectivity index (χ0) is 15.5. The Morgan fingerprint density at radius 2 is 2.14 bits per heavy atom. The first kappa shape index (κ1) is 14.3. The standard InChI is InChI=1S/C17H18N4O/c1-3-12(2)20-17(22)13-6-4-7-14(10-13)21-11-19-15-8-5-9-18-16(15)21/h4-12H,3H2,1-2H3,(H,20,22). The van der Waals surface area contributed by atoms with Gasteiger partial charge in [0.05, 0.1) is 0 Å². The minimum atomic E-state index is -0.0615. The largest absolute Gasteiger partial charge is 0.350 e. The molecule has 1 amide bonds. The van der Waals surface area contributed by atoms with Gasteiger partial charge >= 0.3 is 0 Å². The van der Waals surface area contributed by atoms with Crippen LogP contribution in [0.15, 0.2) is 48.9 Å². The van der Waals surface area contributed by atoms with E-state index in [1.165, 1.54) is 0 Å². The van der Waals surface area contributed by atoms with Crippen LogP contribution in [0, 0.1) is 0 Å². The van der Waals surface area contributed by atoms with Gasteiger partial charge in [-0.3, -0.25) is 9.36 Å². The lowest BCUT2D eigenvalue weighted by atomic mass is 10.1. The number of aromatic nitrogens is 3. The molecule has 0 bridgehead atoms. The van der Waals surface area contributed by atoms with E-state index in [0.717, 1.165) is 23.3 Å². The normalized spacial score (nSPS) is 12.3. The summed E-state index contributed by atoms with van der Waals surface area (Å²) in [5, 5.41) is 2.98. The lowest BCUT2D eigenvalue weighted by Gasteiger charge is -2.12. The number of pyridine rings is 1. The van der Waals surface area contributed by atoms with Gasteiger partial charge in [-0.25, -0.2) is 9.97 Å². The molecule has 5 nitrogen and oxygen atoms in total. The zero-order valence-corrected chi connectivity index (χ0v) is 12.7. The number of rotatable bonds is 4. The monoisotopic (exact) mass is 294 g/mol. The van der Waals surface area contributed by atoms with Gasteiger partial charge in [0.2, 0.25) is 0 Å². The maximum absolute atomic E-state index is 12.2. The average Bonchev–Trinajstić information content (AvgIpc) is 2.99. The Morgan fingerprint density at radius 1 is 1.27 bits per heavy atom. The van der Waals surface area contributed by atoms with Crippen LogP contribution < -0.4 is 5.32 Å². The molecular weight excluding hydrogens is 276 g/mol. The average molecular weight is 294 g/mol. The van der Waals surface area contributed by atoms with Crippen LogP contribution in [0.1, 0.15) is 30.6 Å². The smallest absolute Gasteiger partial charge is 0.251 e. The predicted molar refractivity (Wildman–Crippen MR) is 86.1 cm³/mol. The summed E-state index contributed by atoms with van der Waals surface area (Å²) in [4.78, 5) is 20.9. The maximum Gasteiger partial charge on any atom is 0.251 e. The van der Waals surface area contributed by atoms with Gasteiger partial charge in [0, 0.05) is 23.5 Å². The summed E-state index contributed by atoms with van der Waals surface area (Å²) in [6, 6.07) is 11.4. The molecular formula is C17H18N4O. The molecule has 0 radical (unpaired) electrons. The second-order valence-corrected chi connectivity index (χ2v) is 5.29. The Labute approximate surface area is 129 Å². The Morgan fingerprint density at radius 3 is 2.95 bits per heavy atom. The third-order valence-corrected chi connectivity index (χ3v) is 3.68. The van der Waals surface area contributed by atoms with Crippen molar-refractivity contribution in [3.8, 4) is 5.69 Å². The van der Waals surface area contributed by atoms with E-state index in [2.05, 4.69) is 15.3 Å². The highest BCUT2D eigenvalue weighted by Crippen LogP contribution is 2.17. The third kappa shape index (κ3) is 2.70. The number of nitrogens with one attached hydrogen (secondary N) is 1. The van der Waals surface area contributed by atoms with Crippen molar-refractivity contribution in [1.29, 1.82) is 0 Å². The summed E-state index contributed by atoms with van der Waals surface area (Å²) in [6.07, 6.45) is 4.37. The van der Waals surface area contributed by atoms with Gasteiger partial charge in [-0.05, 0) is 43.7 Å². The van der Waals surface area contributed by atoms with Crippen LogP contribution in [0.3, 0.4) is 0 Å². The summed E-state index contributed by atoms with van der Waals surface area (Å²) in [6.45, 7) is 4.04. The molecule has 5 heteroatoms. The molecule has 0 aliphatic rings. The van der Waals surface area contributed by atoms with Gasteiger partial charge in [0.1, 0.15) is 11.8 Å². The first-order valence-corrected chi connectivity index (χ1v) is 7.38. The second kappa shape index (κ2) is 5.97. The molecule has 3 aromatic rings. The number of fused-ring (bicyclic) bond motifs is 1. The molecule has 1 unspecified atom stereocenters. The van der Waals surface area contributed by atoms with E-state index in [1.54, 1.807) is 12.5 Å². The van der Waals surface area contributed by atoms with Crippen LogP contribution in [-0.2, 0) is 0 Å². The molecule has 22 heavy (non-hydrogen) atoms. The number of benzene rings is 1. The van der Waals surface area contributed by atoms with Crippen molar-refractivity contribution in [2.45, 2.75) is 26.3 Å². The quantitative estimate of drug-likeness (QED) is 0.804. The fourth-order valence-electron chi connectivity index (χ4n) is 2.24. The maximum atomic E-state index is 12.2. The van der Waals surface area contributed by atoms with Crippen LogP contribution in [0.5, 0.6) is 0 Å². The van der Waals surface area contributed by atoms with E-state index in [-0.39, 0.29) is 11.9 Å². The molecule has 0 spiro atoms. The topological polar surface area (TPSA) is 59.8 Å². The van der Waals surface area contributed by atoms with Crippen molar-refractivity contribution in [3.63, 3.8) is 0 Å². The van der Waals surface area contributed by atoms with Gasteiger partial charge in [0.15, 0.2) is 5.65 Å². The minimum absolute atomic E-state index is 0.0615. The zero-order valence-electron chi connectivity index (χ0n) is 12.7. The predicted octanol–water partition coefficient (Wildman–Crippen LogP) is 2.95. The number of carbonyl (C=O) groups excluding carboxylic acids is 1. The highest BCUT2D eigenvalue weighted by Gasteiger charge is 2.11. The van der Waals surface area contributed by atoms with Crippen LogP contribution in [0.25, 0.3) is 16.9 Å². The Balaban J connectivity index is 1.96. The SMILES string of the molecule is CCC(C)NC(=O)c1cccc(-n2cnc3cccnc32)c1. The summed E-state index contributed by atoms with van der Waals surface area (Å²) in [5.41, 5.74) is 3.12. The molecule has 1 aromatic carbocycles. The third-order valence-electron chi connectivity index (χ3n) is 3.68. The summed E-state index contributed by atoms with van der Waals surface area (Å²) < 4.78 is 1.88. The molecule has 0 aliphatic carbocycles. The Bertz CT molecular complexity index is 809. The number of imidazole rings is 1. The number of hydrogen-bond donors (Lipinski definition) is 1. The molecule has 112 valence electrons. The molecule has 3 rings (SSSR count). The molecule has 0 saturated carbocycles. The Kier molecular flexibility index (Phi) is 3.87. The van der Waals surface area contributed by atoms with E-state index in [1.807, 2.05) is 54.8 Å². The summed E-state index contributed by atoms with van der Waals surface area (Å²) in [7, 11) is 0. The highest BCUT2D eigenvalue weighted by molar-refractivity contribution is 5.95. The Hall–Kier alpha value is -2.69.